The van der Waals surface area contributed by atoms with Gasteiger partial charge in [-0.05, 0) is 40.1 Å². The van der Waals surface area contributed by atoms with Crippen molar-refractivity contribution >= 4 is 34.1 Å². The largest absolute Gasteiger partial charge is 0.387 e. The van der Waals surface area contributed by atoms with Crippen LogP contribution in [-0.4, -0.2) is 19.1 Å². The number of nitrogens with zero attached hydrogens (tertiary/aromatic N) is 3. The summed E-state index contributed by atoms with van der Waals surface area (Å²) in [5.41, 5.74) is 5.86. The zero-order valence-corrected chi connectivity index (χ0v) is 15.6. The van der Waals surface area contributed by atoms with E-state index in [1.807, 2.05) is 12.3 Å². The minimum atomic E-state index is 0.994. The monoisotopic (exact) mass is 358 g/mol. The van der Waals surface area contributed by atoms with E-state index in [1.165, 1.54) is 22.5 Å². The predicted molar refractivity (Wildman–Crippen MR) is 110 cm³/mol. The highest BCUT2D eigenvalue weighted by Gasteiger charge is 2.16. The van der Waals surface area contributed by atoms with Crippen molar-refractivity contribution in [3.63, 3.8) is 0 Å². The number of hydrogen-bond donors (Lipinski definition) is 0. The topological polar surface area (TPSA) is 20.2 Å². The molecular weight excluding hydrogens is 338 g/mol. The Morgan fingerprint density at radius 3 is 2.42 bits per heavy atom. The number of benzene rings is 2. The minimum Gasteiger partial charge on any atom is -0.378 e. The summed E-state index contributed by atoms with van der Waals surface area (Å²) in [7, 11) is 4.10. The van der Waals surface area contributed by atoms with E-state index in [4.69, 9.17) is 0 Å². The quantitative estimate of drug-likeness (QED) is 0.489. The van der Waals surface area contributed by atoms with Crippen LogP contribution in [-0.2, 0) is 0 Å². The molecule has 0 saturated heterocycles. The molecule has 0 fully saturated rings. The minimum absolute atomic E-state index is 0.994. The molecule has 4 rings (SSSR count). The molecule has 0 aliphatic heterocycles. The lowest BCUT2D eigenvalue weighted by atomic mass is 10.1. The van der Waals surface area contributed by atoms with E-state index in [0.29, 0.717) is 0 Å². The molecule has 4 heteroatoms. The number of hydrogen-bond acceptors (Lipinski definition) is 3. The Bertz CT molecular complexity index is 1050. The highest BCUT2D eigenvalue weighted by Crippen LogP contribution is 2.21. The highest BCUT2D eigenvalue weighted by atomic mass is 32.1. The smallest absolute Gasteiger partial charge is 0.378 e. The summed E-state index contributed by atoms with van der Waals surface area (Å²) in [6.45, 7) is 0. The number of fused-ring (bicyclic) bond motifs is 1. The molecular formula is C22H20N3S+. The van der Waals surface area contributed by atoms with Crippen LogP contribution in [0.2, 0.25) is 0 Å². The SMILES string of the molecule is CN(C)c1ccc(/C=C/c2ccnc3scc(-c4ccccc4)[n+]23)cc1. The first-order valence-electron chi connectivity index (χ1n) is 8.51. The summed E-state index contributed by atoms with van der Waals surface area (Å²) < 4.78 is 2.21. The fourth-order valence-electron chi connectivity index (χ4n) is 2.91. The molecule has 0 spiro atoms. The van der Waals surface area contributed by atoms with Gasteiger partial charge in [0.2, 0.25) is 0 Å². The molecule has 0 saturated carbocycles. The van der Waals surface area contributed by atoms with Gasteiger partial charge in [-0.15, -0.1) is 0 Å². The molecule has 2 aromatic carbocycles. The van der Waals surface area contributed by atoms with Crippen molar-refractivity contribution in [1.29, 1.82) is 0 Å². The zero-order chi connectivity index (χ0) is 17.9. The summed E-state index contributed by atoms with van der Waals surface area (Å²) in [4.78, 5) is 7.61. The van der Waals surface area contributed by atoms with E-state index in [9.17, 15) is 0 Å². The van der Waals surface area contributed by atoms with Crippen LogP contribution in [0.3, 0.4) is 0 Å². The first kappa shape index (κ1) is 16.5. The van der Waals surface area contributed by atoms with Crippen molar-refractivity contribution in [3.05, 3.63) is 83.5 Å². The standard InChI is InChI=1S/C22H20N3S/c1-24(2)19-11-8-17(9-12-19)10-13-20-14-15-23-22-25(20)21(16-26-22)18-6-4-3-5-7-18/h3-16H,1-2H3/q+1. The average molecular weight is 358 g/mol. The van der Waals surface area contributed by atoms with E-state index < -0.39 is 0 Å². The number of thiazole rings is 1. The van der Waals surface area contributed by atoms with Gasteiger partial charge in [0.05, 0.1) is 0 Å². The van der Waals surface area contributed by atoms with Gasteiger partial charge in [0, 0.05) is 36.8 Å². The molecule has 2 heterocycles. The van der Waals surface area contributed by atoms with Gasteiger partial charge >= 0.3 is 4.96 Å². The molecule has 0 radical (unpaired) electrons. The van der Waals surface area contributed by atoms with E-state index >= 15 is 0 Å². The fourth-order valence-corrected chi connectivity index (χ4v) is 3.80. The third kappa shape index (κ3) is 3.24. The second-order valence-electron chi connectivity index (χ2n) is 6.29. The van der Waals surface area contributed by atoms with E-state index in [-0.39, 0.29) is 0 Å². The third-order valence-electron chi connectivity index (χ3n) is 4.32. The first-order chi connectivity index (χ1) is 12.7. The van der Waals surface area contributed by atoms with Gasteiger partial charge in [0.15, 0.2) is 5.69 Å². The third-order valence-corrected chi connectivity index (χ3v) is 5.16. The maximum atomic E-state index is 4.52. The van der Waals surface area contributed by atoms with Crippen LogP contribution in [0.5, 0.6) is 0 Å². The van der Waals surface area contributed by atoms with Crippen LogP contribution < -0.4 is 9.30 Å². The molecule has 0 aliphatic rings. The molecule has 0 amide bonds. The van der Waals surface area contributed by atoms with Crippen LogP contribution in [0.25, 0.3) is 28.4 Å². The van der Waals surface area contributed by atoms with Crippen molar-refractivity contribution in [3.8, 4) is 11.3 Å². The van der Waals surface area contributed by atoms with Crippen molar-refractivity contribution in [2.45, 2.75) is 0 Å². The number of rotatable bonds is 4. The lowest BCUT2D eigenvalue weighted by Crippen LogP contribution is -2.26. The maximum Gasteiger partial charge on any atom is 0.387 e. The molecule has 0 N–H and O–H groups in total. The average Bonchev–Trinajstić information content (AvgIpc) is 3.12. The van der Waals surface area contributed by atoms with Crippen LogP contribution >= 0.6 is 11.3 Å². The molecule has 4 aromatic rings. The van der Waals surface area contributed by atoms with Gasteiger partial charge in [-0.1, -0.05) is 48.5 Å². The Hall–Kier alpha value is -2.98. The highest BCUT2D eigenvalue weighted by molar-refractivity contribution is 7.14. The van der Waals surface area contributed by atoms with Crippen LogP contribution in [0.1, 0.15) is 11.3 Å². The van der Waals surface area contributed by atoms with Crippen molar-refractivity contribution in [1.82, 2.24) is 4.98 Å². The first-order valence-corrected chi connectivity index (χ1v) is 9.39. The number of anilines is 1. The Morgan fingerprint density at radius 1 is 0.923 bits per heavy atom. The van der Waals surface area contributed by atoms with E-state index in [1.54, 1.807) is 11.3 Å². The van der Waals surface area contributed by atoms with Crippen LogP contribution in [0.15, 0.2) is 72.2 Å². The molecule has 26 heavy (non-hydrogen) atoms. The number of aromatic nitrogens is 2. The summed E-state index contributed by atoms with van der Waals surface area (Å²) in [6.07, 6.45) is 6.17. The Balaban J connectivity index is 1.73. The van der Waals surface area contributed by atoms with E-state index in [2.05, 4.69) is 101 Å². The lowest BCUT2D eigenvalue weighted by molar-refractivity contribution is -0.500. The normalized spacial score (nSPS) is 11.3. The molecule has 0 bridgehead atoms. The molecule has 128 valence electrons. The Morgan fingerprint density at radius 2 is 1.69 bits per heavy atom. The van der Waals surface area contributed by atoms with Crippen molar-refractivity contribution in [2.75, 3.05) is 19.0 Å². The zero-order valence-electron chi connectivity index (χ0n) is 14.8. The van der Waals surface area contributed by atoms with Gasteiger partial charge < -0.3 is 4.90 Å². The summed E-state index contributed by atoms with van der Waals surface area (Å²) >= 11 is 1.66. The molecule has 3 nitrogen and oxygen atoms in total. The van der Waals surface area contributed by atoms with Gasteiger partial charge in [-0.3, -0.25) is 0 Å². The van der Waals surface area contributed by atoms with Gasteiger partial charge in [0.25, 0.3) is 0 Å². The van der Waals surface area contributed by atoms with Gasteiger partial charge in [-0.2, -0.15) is 4.40 Å². The second kappa shape index (κ2) is 7.10. The van der Waals surface area contributed by atoms with E-state index in [0.717, 1.165) is 10.7 Å². The van der Waals surface area contributed by atoms with Crippen LogP contribution in [0, 0.1) is 0 Å². The summed E-state index contributed by atoms with van der Waals surface area (Å²) in [5.74, 6) is 0. The molecule has 0 unspecified atom stereocenters. The molecule has 2 aromatic heterocycles. The van der Waals surface area contributed by atoms with Gasteiger partial charge in [-0.25, -0.2) is 0 Å². The van der Waals surface area contributed by atoms with Crippen molar-refractivity contribution < 1.29 is 4.40 Å². The van der Waals surface area contributed by atoms with Gasteiger partial charge in [0.1, 0.15) is 11.9 Å². The summed E-state index contributed by atoms with van der Waals surface area (Å²) in [6, 6.07) is 21.0. The second-order valence-corrected chi connectivity index (χ2v) is 7.13. The summed E-state index contributed by atoms with van der Waals surface area (Å²) in [5, 5.41) is 2.17. The Labute approximate surface area is 157 Å². The van der Waals surface area contributed by atoms with Crippen LogP contribution in [0.4, 0.5) is 5.69 Å². The predicted octanol–water partition coefficient (Wildman–Crippen LogP) is 4.79. The Kier molecular flexibility index (Phi) is 4.50. The molecule has 0 atom stereocenters. The lowest BCUT2D eigenvalue weighted by Gasteiger charge is -2.11. The molecule has 0 aliphatic carbocycles. The maximum absolute atomic E-state index is 4.52. The fraction of sp³-hybridized carbons (Fsp3) is 0.0909. The van der Waals surface area contributed by atoms with Crippen molar-refractivity contribution in [2.24, 2.45) is 0 Å².